The van der Waals surface area contributed by atoms with Gasteiger partial charge in [-0.3, -0.25) is 25.3 Å². The summed E-state index contributed by atoms with van der Waals surface area (Å²) in [6.45, 7) is 6.61. The molecule has 0 radical (unpaired) electrons. The zero-order valence-electron chi connectivity index (χ0n) is 16.2. The second-order valence-corrected chi connectivity index (χ2v) is 6.59. The van der Waals surface area contributed by atoms with Gasteiger partial charge in [0.25, 0.3) is 0 Å². The smallest absolute Gasteiger partial charge is 0.305 e. The topological polar surface area (TPSA) is 74.6 Å². The molecule has 3 aromatic rings. The summed E-state index contributed by atoms with van der Waals surface area (Å²) >= 11 is 0. The Bertz CT molecular complexity index is 960. The lowest BCUT2D eigenvalue weighted by molar-refractivity contribution is -0.121. The average molecular weight is 379 g/mol. The molecule has 0 bridgehead atoms. The zero-order valence-corrected chi connectivity index (χ0v) is 16.2. The van der Waals surface area contributed by atoms with Gasteiger partial charge in [-0.25, -0.2) is 0 Å². The van der Waals surface area contributed by atoms with Crippen molar-refractivity contribution in [1.82, 2.24) is 15.8 Å². The second kappa shape index (κ2) is 9.19. The van der Waals surface area contributed by atoms with Crippen LogP contribution in [0.3, 0.4) is 0 Å². The summed E-state index contributed by atoms with van der Waals surface area (Å²) in [7, 11) is 0. The number of hydrogen-bond donors (Lipinski definition) is 2. The van der Waals surface area contributed by atoms with E-state index in [-0.39, 0.29) is 18.1 Å². The summed E-state index contributed by atoms with van der Waals surface area (Å²) in [5, 5.41) is 2.20. The van der Waals surface area contributed by atoms with Crippen molar-refractivity contribution in [3.8, 4) is 0 Å². The molecule has 0 aliphatic heterocycles. The minimum Gasteiger partial charge on any atom is -0.454 e. The van der Waals surface area contributed by atoms with Gasteiger partial charge in [-0.05, 0) is 41.6 Å². The van der Waals surface area contributed by atoms with Crippen LogP contribution >= 0.6 is 0 Å². The number of benzene rings is 2. The van der Waals surface area contributed by atoms with Crippen LogP contribution in [0.15, 0.2) is 59.0 Å². The number of hydrogen-bond acceptors (Lipinski definition) is 4. The Morgan fingerprint density at radius 2 is 1.68 bits per heavy atom. The van der Waals surface area contributed by atoms with Gasteiger partial charge < -0.3 is 4.42 Å². The quantitative estimate of drug-likeness (QED) is 0.618. The molecule has 2 amide bonds. The molecule has 1 heterocycles. The Labute approximate surface area is 164 Å². The van der Waals surface area contributed by atoms with Crippen molar-refractivity contribution >= 4 is 22.6 Å². The molecule has 0 saturated heterocycles. The highest BCUT2D eigenvalue weighted by molar-refractivity contribution is 5.93. The number of fused-ring (bicyclic) bond motifs is 1. The van der Waals surface area contributed by atoms with E-state index in [0.29, 0.717) is 6.54 Å². The summed E-state index contributed by atoms with van der Waals surface area (Å²) in [5.74, 6) is 0.126. The maximum atomic E-state index is 12.2. The van der Waals surface area contributed by atoms with Crippen LogP contribution in [0.1, 0.15) is 35.7 Å². The highest BCUT2D eigenvalue weighted by atomic mass is 16.4. The molecule has 6 heteroatoms. The van der Waals surface area contributed by atoms with Crippen molar-refractivity contribution in [2.24, 2.45) is 0 Å². The summed E-state index contributed by atoms with van der Waals surface area (Å²) in [4.78, 5) is 26.5. The molecule has 2 N–H and O–H groups in total. The van der Waals surface area contributed by atoms with E-state index in [1.165, 1.54) is 0 Å². The van der Waals surface area contributed by atoms with Gasteiger partial charge in [-0.15, -0.1) is 0 Å². The molecule has 0 fully saturated rings. The van der Waals surface area contributed by atoms with Crippen molar-refractivity contribution < 1.29 is 14.0 Å². The molecule has 0 aliphatic rings. The predicted octanol–water partition coefficient (Wildman–Crippen LogP) is 3.28. The number of carbonyl (C=O) groups excluding carboxylic acids is 2. The van der Waals surface area contributed by atoms with Crippen molar-refractivity contribution in [2.45, 2.75) is 26.8 Å². The number of furan rings is 1. The van der Waals surface area contributed by atoms with E-state index in [0.717, 1.165) is 35.2 Å². The first-order valence-corrected chi connectivity index (χ1v) is 9.47. The molecule has 28 heavy (non-hydrogen) atoms. The van der Waals surface area contributed by atoms with Crippen LogP contribution in [0.5, 0.6) is 0 Å². The third kappa shape index (κ3) is 4.98. The maximum Gasteiger partial charge on any atom is 0.305 e. The summed E-state index contributed by atoms with van der Waals surface area (Å²) in [5.41, 5.74) is 5.73. The van der Waals surface area contributed by atoms with Gasteiger partial charge in [-0.1, -0.05) is 56.3 Å². The van der Waals surface area contributed by atoms with E-state index in [1.54, 1.807) is 12.1 Å². The largest absolute Gasteiger partial charge is 0.454 e. The van der Waals surface area contributed by atoms with Crippen LogP contribution in [-0.4, -0.2) is 29.8 Å². The highest BCUT2D eigenvalue weighted by Crippen LogP contribution is 2.16. The molecular formula is C22H25N3O3. The molecule has 0 aliphatic carbocycles. The molecule has 0 atom stereocenters. The van der Waals surface area contributed by atoms with Crippen LogP contribution in [-0.2, 0) is 17.8 Å². The van der Waals surface area contributed by atoms with E-state index in [9.17, 15) is 9.59 Å². The van der Waals surface area contributed by atoms with Gasteiger partial charge in [0.05, 0.1) is 13.0 Å². The van der Waals surface area contributed by atoms with Crippen LogP contribution in [0.4, 0.5) is 0 Å². The lowest BCUT2D eigenvalue weighted by Gasteiger charge is -2.15. The molecule has 3 rings (SSSR count). The number of nitrogens with zero attached hydrogens (tertiary/aromatic N) is 1. The lowest BCUT2D eigenvalue weighted by atomic mass is 10.1. The third-order valence-corrected chi connectivity index (χ3v) is 4.65. The lowest BCUT2D eigenvalue weighted by Crippen LogP contribution is -2.42. The monoisotopic (exact) mass is 379 g/mol. The summed E-state index contributed by atoms with van der Waals surface area (Å²) < 4.78 is 5.57. The van der Waals surface area contributed by atoms with Crippen molar-refractivity contribution in [2.75, 3.05) is 13.1 Å². The second-order valence-electron chi connectivity index (χ2n) is 6.59. The van der Waals surface area contributed by atoms with E-state index in [1.807, 2.05) is 42.5 Å². The number of hydrazine groups is 1. The normalized spacial score (nSPS) is 11.0. The Balaban J connectivity index is 1.52. The number of nitrogens with one attached hydrogen (secondary N) is 2. The fraction of sp³-hybridized carbons (Fsp3) is 0.273. The SMILES string of the molecule is CCN(CC)Cc1ccc(C(=O)NNC(=O)Cc2ccc3ccccc3c2)o1. The van der Waals surface area contributed by atoms with Gasteiger partial charge in [0, 0.05) is 0 Å². The Morgan fingerprint density at radius 3 is 2.43 bits per heavy atom. The van der Waals surface area contributed by atoms with Crippen LogP contribution in [0.2, 0.25) is 0 Å². The van der Waals surface area contributed by atoms with Crippen molar-refractivity contribution in [3.63, 3.8) is 0 Å². The zero-order chi connectivity index (χ0) is 19.9. The highest BCUT2D eigenvalue weighted by Gasteiger charge is 2.13. The molecule has 0 unspecified atom stereocenters. The van der Waals surface area contributed by atoms with Gasteiger partial charge in [-0.2, -0.15) is 0 Å². The molecule has 0 saturated carbocycles. The Morgan fingerprint density at radius 1 is 0.929 bits per heavy atom. The van der Waals surface area contributed by atoms with E-state index in [2.05, 4.69) is 29.6 Å². The first-order valence-electron chi connectivity index (χ1n) is 9.47. The molecule has 0 spiro atoms. The van der Waals surface area contributed by atoms with Crippen molar-refractivity contribution in [1.29, 1.82) is 0 Å². The molecule has 6 nitrogen and oxygen atoms in total. The van der Waals surface area contributed by atoms with E-state index >= 15 is 0 Å². The summed E-state index contributed by atoms with van der Waals surface area (Å²) in [6, 6.07) is 17.2. The standard InChI is InChI=1S/C22H25N3O3/c1-3-25(4-2)15-19-11-12-20(28-19)22(27)24-23-21(26)14-16-9-10-17-7-5-6-8-18(17)13-16/h5-13H,3-4,14-15H2,1-2H3,(H,23,26)(H,24,27). The van der Waals surface area contributed by atoms with Gasteiger partial charge >= 0.3 is 5.91 Å². The number of amides is 2. The Hall–Kier alpha value is -3.12. The third-order valence-electron chi connectivity index (χ3n) is 4.65. The fourth-order valence-electron chi connectivity index (χ4n) is 3.02. The predicted molar refractivity (Wildman–Crippen MR) is 109 cm³/mol. The minimum absolute atomic E-state index is 0.174. The number of rotatable bonds is 7. The maximum absolute atomic E-state index is 12.2. The van der Waals surface area contributed by atoms with E-state index < -0.39 is 5.91 Å². The number of carbonyl (C=O) groups is 2. The molecule has 1 aromatic heterocycles. The first kappa shape index (κ1) is 19.6. The van der Waals surface area contributed by atoms with E-state index in [4.69, 9.17) is 4.42 Å². The van der Waals surface area contributed by atoms with Crippen LogP contribution in [0, 0.1) is 0 Å². The van der Waals surface area contributed by atoms with Gasteiger partial charge in [0.1, 0.15) is 5.76 Å². The van der Waals surface area contributed by atoms with Crippen LogP contribution in [0.25, 0.3) is 10.8 Å². The minimum atomic E-state index is -0.474. The first-order chi connectivity index (χ1) is 13.6. The van der Waals surface area contributed by atoms with Gasteiger partial charge in [0.2, 0.25) is 5.91 Å². The van der Waals surface area contributed by atoms with Crippen molar-refractivity contribution in [3.05, 3.63) is 71.7 Å². The molecule has 146 valence electrons. The van der Waals surface area contributed by atoms with Crippen LogP contribution < -0.4 is 10.9 Å². The summed E-state index contributed by atoms with van der Waals surface area (Å²) in [6.07, 6.45) is 0.177. The fourth-order valence-corrected chi connectivity index (χ4v) is 3.02. The average Bonchev–Trinajstić information content (AvgIpc) is 3.19. The van der Waals surface area contributed by atoms with Gasteiger partial charge in [0.15, 0.2) is 5.76 Å². The molecular weight excluding hydrogens is 354 g/mol. The Kier molecular flexibility index (Phi) is 6.45. The molecule has 2 aromatic carbocycles.